The molecule has 138 valence electrons. The van der Waals surface area contributed by atoms with E-state index in [-0.39, 0.29) is 23.1 Å². The minimum absolute atomic E-state index is 0.0193. The second-order valence-corrected chi connectivity index (χ2v) is 8.08. The van der Waals surface area contributed by atoms with Crippen LogP contribution in [0.5, 0.6) is 11.5 Å². The normalized spacial score (nSPS) is 16.8. The quantitative estimate of drug-likeness (QED) is 0.708. The number of phenols is 1. The molecule has 2 aromatic rings. The van der Waals surface area contributed by atoms with Gasteiger partial charge >= 0.3 is 0 Å². The van der Waals surface area contributed by atoms with Crippen molar-refractivity contribution in [3.63, 3.8) is 0 Å². The van der Waals surface area contributed by atoms with E-state index in [2.05, 4.69) is 32.9 Å². The molecular formula is C23H28O3. The van der Waals surface area contributed by atoms with Crippen LogP contribution in [0.25, 0.3) is 0 Å². The van der Waals surface area contributed by atoms with E-state index in [1.54, 1.807) is 6.07 Å². The van der Waals surface area contributed by atoms with Gasteiger partial charge in [0, 0.05) is 12.5 Å². The number of Topliss-reactive ketones (excluding diaryl/α,β-unsaturated/α-hetero) is 1. The van der Waals surface area contributed by atoms with Gasteiger partial charge in [0.1, 0.15) is 17.6 Å². The van der Waals surface area contributed by atoms with Gasteiger partial charge in [-0.25, -0.2) is 0 Å². The molecule has 0 spiro atoms. The average molecular weight is 352 g/mol. The van der Waals surface area contributed by atoms with Gasteiger partial charge in [-0.3, -0.25) is 4.79 Å². The number of carbonyl (C=O) groups is 1. The molecule has 1 N–H and O–H groups in total. The van der Waals surface area contributed by atoms with Gasteiger partial charge in [-0.05, 0) is 41.9 Å². The summed E-state index contributed by atoms with van der Waals surface area (Å²) in [7, 11) is 0. The van der Waals surface area contributed by atoms with Gasteiger partial charge in [-0.1, -0.05) is 57.5 Å². The summed E-state index contributed by atoms with van der Waals surface area (Å²) in [6, 6.07) is 13.7. The van der Waals surface area contributed by atoms with E-state index in [1.807, 2.05) is 24.3 Å². The molecule has 1 aliphatic carbocycles. The predicted molar refractivity (Wildman–Crippen MR) is 104 cm³/mol. The zero-order chi connectivity index (χ0) is 18.7. The summed E-state index contributed by atoms with van der Waals surface area (Å²) in [5.74, 6) is 0.697. The maximum Gasteiger partial charge on any atom is 0.167 e. The van der Waals surface area contributed by atoms with Gasteiger partial charge in [0.25, 0.3) is 0 Å². The van der Waals surface area contributed by atoms with E-state index in [0.717, 1.165) is 36.8 Å². The van der Waals surface area contributed by atoms with Crippen molar-refractivity contribution in [2.75, 3.05) is 0 Å². The van der Waals surface area contributed by atoms with Crippen molar-refractivity contribution in [2.45, 2.75) is 59.0 Å². The number of hydrogen-bond acceptors (Lipinski definition) is 3. The largest absolute Gasteiger partial charge is 0.507 e. The number of unbranched alkanes of at least 4 members (excludes halogenated alkanes) is 1. The van der Waals surface area contributed by atoms with Crippen LogP contribution in [0.2, 0.25) is 0 Å². The molecule has 0 heterocycles. The number of rotatable bonds is 6. The lowest BCUT2D eigenvalue weighted by atomic mass is 9.73. The van der Waals surface area contributed by atoms with Crippen molar-refractivity contribution in [1.82, 2.24) is 0 Å². The molecule has 0 saturated carbocycles. The molecule has 0 bridgehead atoms. The summed E-state index contributed by atoms with van der Waals surface area (Å²) in [5, 5.41) is 10.4. The van der Waals surface area contributed by atoms with Gasteiger partial charge in [-0.2, -0.15) is 0 Å². The van der Waals surface area contributed by atoms with Crippen LogP contribution < -0.4 is 4.74 Å². The number of fused-ring (bicyclic) bond motifs is 1. The maximum absolute atomic E-state index is 12.4. The van der Waals surface area contributed by atoms with Crippen molar-refractivity contribution < 1.29 is 14.6 Å². The molecule has 3 nitrogen and oxygen atoms in total. The Morgan fingerprint density at radius 1 is 1.15 bits per heavy atom. The fraction of sp³-hybridized carbons (Fsp3) is 0.435. The lowest BCUT2D eigenvalue weighted by molar-refractivity contribution is 0.0908. The fourth-order valence-corrected chi connectivity index (χ4v) is 3.80. The molecule has 0 aliphatic heterocycles. The molecule has 0 fully saturated rings. The first-order valence-corrected chi connectivity index (χ1v) is 9.50. The lowest BCUT2D eigenvalue weighted by Crippen LogP contribution is -2.27. The standard InChI is InChI=1S/C23H28O3/c1-4-5-11-21(16-9-7-6-8-10-16)26-18-12-17-14-23(2,3)15-20(25)22(17)19(24)13-18/h6-10,12-13,21,24H,4-5,11,14-15H2,1-3H3. The third-order valence-corrected chi connectivity index (χ3v) is 5.03. The first kappa shape index (κ1) is 18.5. The summed E-state index contributed by atoms with van der Waals surface area (Å²) >= 11 is 0. The Balaban J connectivity index is 1.91. The topological polar surface area (TPSA) is 46.5 Å². The summed E-state index contributed by atoms with van der Waals surface area (Å²) in [6.45, 7) is 6.35. The van der Waals surface area contributed by atoms with Crippen molar-refractivity contribution in [1.29, 1.82) is 0 Å². The van der Waals surface area contributed by atoms with E-state index in [1.165, 1.54) is 0 Å². The first-order chi connectivity index (χ1) is 12.4. The predicted octanol–water partition coefficient (Wildman–Crippen LogP) is 5.86. The zero-order valence-electron chi connectivity index (χ0n) is 15.9. The summed E-state index contributed by atoms with van der Waals surface area (Å²) in [5.41, 5.74) is 2.41. The summed E-state index contributed by atoms with van der Waals surface area (Å²) < 4.78 is 6.28. The number of aromatic hydroxyl groups is 1. The zero-order valence-corrected chi connectivity index (χ0v) is 15.9. The third-order valence-electron chi connectivity index (χ3n) is 5.03. The molecule has 1 aliphatic rings. The molecule has 0 aromatic heterocycles. The maximum atomic E-state index is 12.4. The van der Waals surface area contributed by atoms with Crippen LogP contribution in [-0.2, 0) is 6.42 Å². The molecule has 2 aromatic carbocycles. The van der Waals surface area contributed by atoms with Crippen LogP contribution in [-0.4, -0.2) is 10.9 Å². The number of phenolic OH excluding ortho intramolecular Hbond substituents is 1. The van der Waals surface area contributed by atoms with Crippen LogP contribution in [0, 0.1) is 5.41 Å². The van der Waals surface area contributed by atoms with Gasteiger partial charge in [-0.15, -0.1) is 0 Å². The highest BCUT2D eigenvalue weighted by atomic mass is 16.5. The Labute approximate surface area is 156 Å². The van der Waals surface area contributed by atoms with Crippen LogP contribution in [0.3, 0.4) is 0 Å². The molecule has 3 heteroatoms. The van der Waals surface area contributed by atoms with E-state index in [9.17, 15) is 9.90 Å². The van der Waals surface area contributed by atoms with Gasteiger partial charge in [0.15, 0.2) is 5.78 Å². The third kappa shape index (κ3) is 4.09. The second-order valence-electron chi connectivity index (χ2n) is 8.08. The Bertz CT molecular complexity index is 778. The average Bonchev–Trinajstić information content (AvgIpc) is 2.57. The van der Waals surface area contributed by atoms with Crippen LogP contribution in [0.15, 0.2) is 42.5 Å². The monoisotopic (exact) mass is 352 g/mol. The number of carbonyl (C=O) groups excluding carboxylic acids is 1. The highest BCUT2D eigenvalue weighted by Crippen LogP contribution is 2.41. The SMILES string of the molecule is CCCCC(Oc1cc(O)c2c(c1)CC(C)(C)CC2=O)c1ccccc1. The van der Waals surface area contributed by atoms with Crippen molar-refractivity contribution >= 4 is 5.78 Å². The molecule has 1 unspecified atom stereocenters. The molecule has 1 atom stereocenters. The van der Waals surface area contributed by atoms with Crippen molar-refractivity contribution in [2.24, 2.45) is 5.41 Å². The Morgan fingerprint density at radius 3 is 2.58 bits per heavy atom. The Hall–Kier alpha value is -2.29. The minimum Gasteiger partial charge on any atom is -0.507 e. The molecule has 26 heavy (non-hydrogen) atoms. The molecular weight excluding hydrogens is 324 g/mol. The van der Waals surface area contributed by atoms with Crippen LogP contribution in [0.4, 0.5) is 0 Å². The minimum atomic E-state index is -0.0871. The Morgan fingerprint density at radius 2 is 1.88 bits per heavy atom. The summed E-state index contributed by atoms with van der Waals surface area (Å²) in [6.07, 6.45) is 4.27. The van der Waals surface area contributed by atoms with Crippen molar-refractivity contribution in [3.8, 4) is 11.5 Å². The number of benzene rings is 2. The second kappa shape index (κ2) is 7.53. The lowest BCUT2D eigenvalue weighted by Gasteiger charge is -2.31. The molecule has 0 radical (unpaired) electrons. The number of hydrogen-bond donors (Lipinski definition) is 1. The van der Waals surface area contributed by atoms with Gasteiger partial charge in [0.2, 0.25) is 0 Å². The van der Waals surface area contributed by atoms with Gasteiger partial charge in [0.05, 0.1) is 5.56 Å². The highest BCUT2D eigenvalue weighted by molar-refractivity contribution is 6.01. The molecule has 0 saturated heterocycles. The van der Waals surface area contributed by atoms with Gasteiger partial charge < -0.3 is 9.84 Å². The molecule has 3 rings (SSSR count). The Kier molecular flexibility index (Phi) is 5.36. The van der Waals surface area contributed by atoms with E-state index in [4.69, 9.17) is 4.74 Å². The van der Waals surface area contributed by atoms with Crippen LogP contribution >= 0.6 is 0 Å². The highest BCUT2D eigenvalue weighted by Gasteiger charge is 2.33. The fourth-order valence-electron chi connectivity index (χ4n) is 3.80. The smallest absolute Gasteiger partial charge is 0.167 e. The summed E-state index contributed by atoms with van der Waals surface area (Å²) in [4.78, 5) is 12.4. The number of ketones is 1. The number of ether oxygens (including phenoxy) is 1. The van der Waals surface area contributed by atoms with Crippen molar-refractivity contribution in [3.05, 3.63) is 59.2 Å². The first-order valence-electron chi connectivity index (χ1n) is 9.50. The van der Waals surface area contributed by atoms with E-state index < -0.39 is 0 Å². The van der Waals surface area contributed by atoms with E-state index >= 15 is 0 Å². The van der Waals surface area contributed by atoms with E-state index in [0.29, 0.717) is 17.7 Å². The van der Waals surface area contributed by atoms with Crippen LogP contribution in [0.1, 0.15) is 74.0 Å². The molecule has 0 amide bonds.